The van der Waals surface area contributed by atoms with Gasteiger partial charge in [-0.3, -0.25) is 14.4 Å². The number of H-pyrrole nitrogens is 1. The van der Waals surface area contributed by atoms with E-state index in [1.807, 2.05) is 24.3 Å². The van der Waals surface area contributed by atoms with Crippen LogP contribution in [-0.4, -0.2) is 48.5 Å². The largest absolute Gasteiger partial charge is 0.469 e. The molecular formula is C22H30N4O4. The van der Waals surface area contributed by atoms with Gasteiger partial charge in [0.1, 0.15) is 11.7 Å². The molecule has 2 aromatic rings. The number of aromatic nitrogens is 1. The number of para-hydroxylation sites is 1. The van der Waals surface area contributed by atoms with E-state index >= 15 is 0 Å². The quantitative estimate of drug-likeness (QED) is 0.491. The molecule has 1 aromatic heterocycles. The van der Waals surface area contributed by atoms with Crippen LogP contribution >= 0.6 is 0 Å². The molecule has 0 bridgehead atoms. The van der Waals surface area contributed by atoms with E-state index in [4.69, 9.17) is 10.5 Å². The zero-order chi connectivity index (χ0) is 21.5. The molecule has 2 amide bonds. The Balaban J connectivity index is 1.59. The van der Waals surface area contributed by atoms with Crippen molar-refractivity contribution >= 4 is 28.7 Å². The molecule has 8 nitrogen and oxygen atoms in total. The van der Waals surface area contributed by atoms with E-state index in [2.05, 4.69) is 15.6 Å². The van der Waals surface area contributed by atoms with Crippen LogP contribution < -0.4 is 16.4 Å². The first-order valence-electron chi connectivity index (χ1n) is 10.5. The summed E-state index contributed by atoms with van der Waals surface area (Å²) in [6.07, 6.45) is 3.89. The van der Waals surface area contributed by atoms with E-state index in [-0.39, 0.29) is 29.7 Å². The maximum atomic E-state index is 12.9. The lowest BCUT2D eigenvalue weighted by molar-refractivity contribution is -0.146. The summed E-state index contributed by atoms with van der Waals surface area (Å²) >= 11 is 0. The fourth-order valence-electron chi connectivity index (χ4n) is 3.96. The Morgan fingerprint density at radius 3 is 2.60 bits per heavy atom. The molecule has 30 heavy (non-hydrogen) atoms. The molecule has 0 unspecified atom stereocenters. The fraction of sp³-hybridized carbons (Fsp3) is 0.500. The van der Waals surface area contributed by atoms with Gasteiger partial charge in [0.25, 0.3) is 5.91 Å². The highest BCUT2D eigenvalue weighted by atomic mass is 16.5. The number of esters is 1. The number of hydrogen-bond acceptors (Lipinski definition) is 5. The van der Waals surface area contributed by atoms with Crippen molar-refractivity contribution in [3.05, 3.63) is 36.0 Å². The average Bonchev–Trinajstić information content (AvgIpc) is 3.21. The van der Waals surface area contributed by atoms with Gasteiger partial charge in [0.2, 0.25) is 5.91 Å². The number of hydrogen-bond donors (Lipinski definition) is 4. The van der Waals surface area contributed by atoms with Crippen molar-refractivity contribution in [2.75, 3.05) is 13.7 Å². The predicted molar refractivity (Wildman–Crippen MR) is 114 cm³/mol. The Bertz CT molecular complexity index is 853. The van der Waals surface area contributed by atoms with E-state index in [0.29, 0.717) is 50.8 Å². The van der Waals surface area contributed by atoms with Crippen LogP contribution in [0.3, 0.4) is 0 Å². The number of methoxy groups -OCH3 is 1. The van der Waals surface area contributed by atoms with Crippen LogP contribution in [0.1, 0.15) is 49.0 Å². The third-order valence-electron chi connectivity index (χ3n) is 5.70. The third kappa shape index (κ3) is 5.38. The van der Waals surface area contributed by atoms with Gasteiger partial charge in [-0.15, -0.1) is 0 Å². The first kappa shape index (κ1) is 21.8. The standard InChI is InChI=1S/C22H30N4O4/c1-30-22(29)14-8-10-16(11-9-14)24-20(27)18(7-4-12-23)26-21(28)19-13-15-5-2-3-6-17(15)25-19/h2-3,5-6,13-14,16,18,25H,4,7-12,23H2,1H3,(H,24,27)(H,26,28)/t14?,16?,18-/m0/s1. The highest BCUT2D eigenvalue weighted by molar-refractivity contribution is 6.00. The molecule has 0 radical (unpaired) electrons. The summed E-state index contributed by atoms with van der Waals surface area (Å²) in [6, 6.07) is 8.73. The van der Waals surface area contributed by atoms with Crippen LogP contribution in [0.2, 0.25) is 0 Å². The number of aromatic amines is 1. The van der Waals surface area contributed by atoms with Crippen molar-refractivity contribution in [3.8, 4) is 0 Å². The number of rotatable bonds is 8. The minimum Gasteiger partial charge on any atom is -0.469 e. The fourth-order valence-corrected chi connectivity index (χ4v) is 3.96. The number of ether oxygens (including phenoxy) is 1. The van der Waals surface area contributed by atoms with E-state index in [1.54, 1.807) is 6.07 Å². The van der Waals surface area contributed by atoms with Crippen molar-refractivity contribution in [3.63, 3.8) is 0 Å². The molecule has 1 aliphatic carbocycles. The molecule has 0 saturated heterocycles. The summed E-state index contributed by atoms with van der Waals surface area (Å²) < 4.78 is 4.81. The molecule has 0 aliphatic heterocycles. The normalized spacial score (nSPS) is 19.8. The molecule has 1 aliphatic rings. The lowest BCUT2D eigenvalue weighted by Crippen LogP contribution is -2.50. The molecular weight excluding hydrogens is 384 g/mol. The van der Waals surface area contributed by atoms with Crippen molar-refractivity contribution in [1.82, 2.24) is 15.6 Å². The Morgan fingerprint density at radius 1 is 1.20 bits per heavy atom. The van der Waals surface area contributed by atoms with Crippen molar-refractivity contribution in [2.24, 2.45) is 11.7 Å². The van der Waals surface area contributed by atoms with Crippen LogP contribution in [-0.2, 0) is 14.3 Å². The highest BCUT2D eigenvalue weighted by Crippen LogP contribution is 2.25. The number of carbonyl (C=O) groups is 3. The maximum Gasteiger partial charge on any atom is 0.308 e. The average molecular weight is 415 g/mol. The number of amides is 2. The number of nitrogens with one attached hydrogen (secondary N) is 3. The van der Waals surface area contributed by atoms with Gasteiger partial charge in [-0.2, -0.15) is 0 Å². The van der Waals surface area contributed by atoms with Crippen LogP contribution in [0.5, 0.6) is 0 Å². The second kappa shape index (κ2) is 10.2. The zero-order valence-corrected chi connectivity index (χ0v) is 17.3. The van der Waals surface area contributed by atoms with Crippen LogP contribution in [0.15, 0.2) is 30.3 Å². The second-order valence-corrected chi connectivity index (χ2v) is 7.81. The molecule has 5 N–H and O–H groups in total. The van der Waals surface area contributed by atoms with Gasteiger partial charge in [0.05, 0.1) is 13.0 Å². The van der Waals surface area contributed by atoms with Crippen molar-refractivity contribution in [1.29, 1.82) is 0 Å². The van der Waals surface area contributed by atoms with Crippen molar-refractivity contribution in [2.45, 2.75) is 50.6 Å². The van der Waals surface area contributed by atoms with Crippen LogP contribution in [0.4, 0.5) is 0 Å². The monoisotopic (exact) mass is 414 g/mol. The number of benzene rings is 1. The summed E-state index contributed by atoms with van der Waals surface area (Å²) in [5, 5.41) is 6.81. The topological polar surface area (TPSA) is 126 Å². The van der Waals surface area contributed by atoms with E-state index in [1.165, 1.54) is 7.11 Å². The molecule has 8 heteroatoms. The van der Waals surface area contributed by atoms with E-state index in [9.17, 15) is 14.4 Å². The van der Waals surface area contributed by atoms with Gasteiger partial charge in [0, 0.05) is 16.9 Å². The Kier molecular flexibility index (Phi) is 7.46. The molecule has 1 saturated carbocycles. The lowest BCUT2D eigenvalue weighted by Gasteiger charge is -2.29. The predicted octanol–water partition coefficient (Wildman–Crippen LogP) is 1.85. The number of carbonyl (C=O) groups excluding carboxylic acids is 3. The van der Waals surface area contributed by atoms with E-state index in [0.717, 1.165) is 10.9 Å². The van der Waals surface area contributed by atoms with Crippen LogP contribution in [0, 0.1) is 5.92 Å². The molecule has 3 rings (SSSR count). The molecule has 1 atom stereocenters. The van der Waals surface area contributed by atoms with Crippen LogP contribution in [0.25, 0.3) is 10.9 Å². The van der Waals surface area contributed by atoms with Crippen molar-refractivity contribution < 1.29 is 19.1 Å². The van der Waals surface area contributed by atoms with Gasteiger partial charge in [0.15, 0.2) is 0 Å². The van der Waals surface area contributed by atoms with Gasteiger partial charge >= 0.3 is 5.97 Å². The summed E-state index contributed by atoms with van der Waals surface area (Å²) in [5.74, 6) is -0.823. The van der Waals surface area contributed by atoms with E-state index < -0.39 is 6.04 Å². The Morgan fingerprint density at radius 2 is 1.93 bits per heavy atom. The lowest BCUT2D eigenvalue weighted by atomic mass is 9.86. The smallest absolute Gasteiger partial charge is 0.308 e. The minimum atomic E-state index is -0.661. The Hall–Kier alpha value is -2.87. The Labute approximate surface area is 175 Å². The molecule has 1 aromatic carbocycles. The third-order valence-corrected chi connectivity index (χ3v) is 5.70. The summed E-state index contributed by atoms with van der Waals surface area (Å²) in [5.41, 5.74) is 6.90. The second-order valence-electron chi connectivity index (χ2n) is 7.81. The SMILES string of the molecule is COC(=O)C1CCC(NC(=O)[C@H](CCCN)NC(=O)c2cc3ccccc3[nH]2)CC1. The van der Waals surface area contributed by atoms with Gasteiger partial charge in [-0.25, -0.2) is 0 Å². The summed E-state index contributed by atoms with van der Waals surface area (Å²) in [4.78, 5) is 40.3. The van der Waals surface area contributed by atoms with Gasteiger partial charge in [-0.05, 0) is 57.2 Å². The highest BCUT2D eigenvalue weighted by Gasteiger charge is 2.29. The van der Waals surface area contributed by atoms with Gasteiger partial charge in [-0.1, -0.05) is 18.2 Å². The number of nitrogens with two attached hydrogens (primary N) is 1. The summed E-state index contributed by atoms with van der Waals surface area (Å²) in [7, 11) is 1.40. The summed E-state index contributed by atoms with van der Waals surface area (Å²) in [6.45, 7) is 0.441. The van der Waals surface area contributed by atoms with Gasteiger partial charge < -0.3 is 26.1 Å². The minimum absolute atomic E-state index is 0.0104. The number of fused-ring (bicyclic) bond motifs is 1. The zero-order valence-electron chi connectivity index (χ0n) is 17.3. The molecule has 1 heterocycles. The first-order chi connectivity index (χ1) is 14.5. The first-order valence-corrected chi connectivity index (χ1v) is 10.5. The molecule has 0 spiro atoms. The maximum absolute atomic E-state index is 12.9. The molecule has 162 valence electrons. The molecule has 1 fully saturated rings.